The van der Waals surface area contributed by atoms with Gasteiger partial charge in [0, 0.05) is 0 Å². The van der Waals surface area contributed by atoms with E-state index in [2.05, 4.69) is 36.8 Å². The third-order valence-electron chi connectivity index (χ3n) is 1.85. The lowest BCUT2D eigenvalue weighted by atomic mass is 9.96. The molecule has 1 aromatic heterocycles. The number of hydrogen-bond acceptors (Lipinski definition) is 3. The summed E-state index contributed by atoms with van der Waals surface area (Å²) in [6, 6.07) is 0. The van der Waals surface area contributed by atoms with Gasteiger partial charge in [0.05, 0.1) is 0 Å². The Labute approximate surface area is 91.6 Å². The highest BCUT2D eigenvalue weighted by molar-refractivity contribution is 9.13. The number of hydrogen-bond donors (Lipinski definition) is 0. The van der Waals surface area contributed by atoms with E-state index >= 15 is 0 Å². The van der Waals surface area contributed by atoms with Gasteiger partial charge in [-0.2, -0.15) is 4.98 Å². The quantitative estimate of drug-likeness (QED) is 0.832. The van der Waals surface area contributed by atoms with Crippen LogP contribution in [0.4, 0.5) is 0 Å². The van der Waals surface area contributed by atoms with E-state index in [9.17, 15) is 0 Å². The van der Waals surface area contributed by atoms with Crippen LogP contribution in [-0.4, -0.2) is 11.1 Å². The molecular weight excluding hydrogens is 306 g/mol. The number of halogens is 2. The van der Waals surface area contributed by atoms with Gasteiger partial charge in [-0.25, -0.2) is 0 Å². The molecule has 0 aliphatic heterocycles. The summed E-state index contributed by atoms with van der Waals surface area (Å²) in [5, 5.41) is 0.762. The Balaban J connectivity index is 2.02. The zero-order valence-electron chi connectivity index (χ0n) is 6.22. The van der Waals surface area contributed by atoms with E-state index in [1.54, 1.807) is 0 Å². The van der Waals surface area contributed by atoms with Crippen molar-refractivity contribution < 1.29 is 4.74 Å². The Morgan fingerprint density at radius 2 is 2.17 bits per heavy atom. The second kappa shape index (κ2) is 3.64. The van der Waals surface area contributed by atoms with Crippen molar-refractivity contribution in [2.75, 3.05) is 0 Å². The van der Waals surface area contributed by atoms with E-state index in [-0.39, 0.29) is 0 Å². The Hall–Kier alpha value is 0.390. The molecule has 0 atom stereocenters. The molecule has 0 saturated heterocycles. The third-order valence-corrected chi connectivity index (χ3v) is 4.81. The molecule has 2 rings (SSSR count). The predicted molar refractivity (Wildman–Crippen MR) is 55.8 cm³/mol. The SMILES string of the molecule is Brc1nc(OC2CCC2)sc1Br. The minimum atomic E-state index is 0.412. The summed E-state index contributed by atoms with van der Waals surface area (Å²) in [6.45, 7) is 0. The molecule has 1 aliphatic rings. The van der Waals surface area contributed by atoms with Crippen molar-refractivity contribution in [3.63, 3.8) is 0 Å². The number of ether oxygens (including phenoxy) is 1. The molecule has 1 aromatic rings. The third kappa shape index (κ3) is 1.83. The van der Waals surface area contributed by atoms with Crippen molar-refractivity contribution in [2.24, 2.45) is 0 Å². The number of rotatable bonds is 2. The van der Waals surface area contributed by atoms with Crippen LogP contribution < -0.4 is 4.74 Å². The lowest BCUT2D eigenvalue weighted by Crippen LogP contribution is -2.24. The summed E-state index contributed by atoms with van der Waals surface area (Å²) >= 11 is 8.22. The molecule has 12 heavy (non-hydrogen) atoms. The summed E-state index contributed by atoms with van der Waals surface area (Å²) in [4.78, 5) is 4.20. The van der Waals surface area contributed by atoms with Gasteiger partial charge in [-0.05, 0) is 51.1 Å². The van der Waals surface area contributed by atoms with Crippen molar-refractivity contribution in [1.82, 2.24) is 4.98 Å². The first-order valence-corrected chi connectivity index (χ1v) is 6.14. The molecule has 0 amide bonds. The van der Waals surface area contributed by atoms with Crippen LogP contribution in [0.5, 0.6) is 5.19 Å². The fourth-order valence-electron chi connectivity index (χ4n) is 0.947. The van der Waals surface area contributed by atoms with Gasteiger partial charge < -0.3 is 4.74 Å². The highest BCUT2D eigenvalue weighted by atomic mass is 79.9. The average Bonchev–Trinajstić information content (AvgIpc) is 2.24. The van der Waals surface area contributed by atoms with Crippen LogP contribution in [0.25, 0.3) is 0 Å². The Morgan fingerprint density at radius 3 is 2.58 bits per heavy atom. The zero-order chi connectivity index (χ0) is 8.55. The fourth-order valence-corrected chi connectivity index (χ4v) is 2.58. The predicted octanol–water partition coefficient (Wildman–Crippen LogP) is 3.60. The maximum Gasteiger partial charge on any atom is 0.275 e. The molecule has 1 fully saturated rings. The molecule has 0 aromatic carbocycles. The van der Waals surface area contributed by atoms with Crippen LogP contribution in [0.2, 0.25) is 0 Å². The highest BCUT2D eigenvalue weighted by Crippen LogP contribution is 2.35. The highest BCUT2D eigenvalue weighted by Gasteiger charge is 2.21. The van der Waals surface area contributed by atoms with Crippen molar-refractivity contribution in [1.29, 1.82) is 0 Å². The maximum atomic E-state index is 5.60. The van der Waals surface area contributed by atoms with Crippen LogP contribution in [0.1, 0.15) is 19.3 Å². The lowest BCUT2D eigenvalue weighted by Gasteiger charge is -2.24. The second-order valence-corrected chi connectivity index (χ2v) is 5.75. The first-order valence-electron chi connectivity index (χ1n) is 3.74. The van der Waals surface area contributed by atoms with Gasteiger partial charge in [0.2, 0.25) is 0 Å². The van der Waals surface area contributed by atoms with E-state index in [0.717, 1.165) is 13.6 Å². The summed E-state index contributed by atoms with van der Waals surface area (Å²) in [5.41, 5.74) is 0. The Bertz CT molecular complexity index is 265. The summed E-state index contributed by atoms with van der Waals surface area (Å²) in [5.74, 6) is 0. The molecule has 0 N–H and O–H groups in total. The normalized spacial score (nSPS) is 17.5. The van der Waals surface area contributed by atoms with E-state index in [4.69, 9.17) is 4.74 Å². The van der Waals surface area contributed by atoms with Gasteiger partial charge in [-0.1, -0.05) is 11.3 Å². The van der Waals surface area contributed by atoms with Gasteiger partial charge >= 0.3 is 0 Å². The first kappa shape index (κ1) is 8.97. The molecule has 2 nitrogen and oxygen atoms in total. The van der Waals surface area contributed by atoms with E-state index in [0.29, 0.717) is 6.10 Å². The molecule has 0 unspecified atom stereocenters. The van der Waals surface area contributed by atoms with Crippen LogP contribution in [0.15, 0.2) is 8.39 Å². The van der Waals surface area contributed by atoms with Gasteiger partial charge in [-0.3, -0.25) is 0 Å². The van der Waals surface area contributed by atoms with Crippen LogP contribution in [-0.2, 0) is 0 Å². The van der Waals surface area contributed by atoms with Crippen molar-refractivity contribution >= 4 is 43.2 Å². The zero-order valence-corrected chi connectivity index (χ0v) is 10.2. The van der Waals surface area contributed by atoms with Crippen LogP contribution >= 0.6 is 43.2 Å². The minimum Gasteiger partial charge on any atom is -0.467 e. The lowest BCUT2D eigenvalue weighted by molar-refractivity contribution is 0.119. The van der Waals surface area contributed by atoms with Crippen LogP contribution in [0.3, 0.4) is 0 Å². The molecule has 0 spiro atoms. The van der Waals surface area contributed by atoms with E-state index in [1.807, 2.05) is 0 Å². The molecule has 1 saturated carbocycles. The van der Waals surface area contributed by atoms with Gasteiger partial charge in [0.15, 0.2) is 0 Å². The van der Waals surface area contributed by atoms with Crippen molar-refractivity contribution in [3.05, 3.63) is 8.39 Å². The number of aromatic nitrogens is 1. The van der Waals surface area contributed by atoms with Gasteiger partial charge in [-0.15, -0.1) is 0 Å². The Morgan fingerprint density at radius 1 is 1.42 bits per heavy atom. The molecule has 1 aliphatic carbocycles. The second-order valence-electron chi connectivity index (χ2n) is 2.72. The molecule has 0 radical (unpaired) electrons. The van der Waals surface area contributed by atoms with Crippen molar-refractivity contribution in [2.45, 2.75) is 25.4 Å². The average molecular weight is 313 g/mol. The van der Waals surface area contributed by atoms with Gasteiger partial charge in [0.1, 0.15) is 14.5 Å². The van der Waals surface area contributed by atoms with E-state index < -0.39 is 0 Å². The minimum absolute atomic E-state index is 0.412. The summed E-state index contributed by atoms with van der Waals surface area (Å²) in [6.07, 6.45) is 4.05. The monoisotopic (exact) mass is 311 g/mol. The molecule has 5 heteroatoms. The summed E-state index contributed by atoms with van der Waals surface area (Å²) < 4.78 is 7.43. The molecule has 0 bridgehead atoms. The molecular formula is C7H7Br2NOS. The first-order chi connectivity index (χ1) is 5.75. The largest absolute Gasteiger partial charge is 0.467 e. The standard InChI is InChI=1S/C7H7Br2NOS/c8-5-6(9)12-7(10-5)11-4-2-1-3-4/h4H,1-3H2. The topological polar surface area (TPSA) is 22.1 Å². The Kier molecular flexibility index (Phi) is 2.72. The molecule has 66 valence electrons. The van der Waals surface area contributed by atoms with Gasteiger partial charge in [0.25, 0.3) is 5.19 Å². The fraction of sp³-hybridized carbons (Fsp3) is 0.571. The van der Waals surface area contributed by atoms with E-state index in [1.165, 1.54) is 30.6 Å². The number of nitrogens with zero attached hydrogens (tertiary/aromatic N) is 1. The van der Waals surface area contributed by atoms with Crippen LogP contribution in [0, 0.1) is 0 Å². The smallest absolute Gasteiger partial charge is 0.275 e. The summed E-state index contributed by atoms with van der Waals surface area (Å²) in [7, 11) is 0. The molecule has 1 heterocycles. The maximum absolute atomic E-state index is 5.60. The number of thiazole rings is 1. The van der Waals surface area contributed by atoms with Crippen molar-refractivity contribution in [3.8, 4) is 5.19 Å².